The van der Waals surface area contributed by atoms with Gasteiger partial charge in [0.05, 0.1) is 12.4 Å². The minimum absolute atomic E-state index is 0.0244. The fourth-order valence-corrected chi connectivity index (χ4v) is 3.14. The lowest BCUT2D eigenvalue weighted by atomic mass is 9.83. The molecule has 0 aliphatic heterocycles. The summed E-state index contributed by atoms with van der Waals surface area (Å²) < 4.78 is 27.5. The van der Waals surface area contributed by atoms with E-state index < -0.39 is 15.4 Å². The van der Waals surface area contributed by atoms with Gasteiger partial charge in [0, 0.05) is 12.0 Å². The summed E-state index contributed by atoms with van der Waals surface area (Å²) in [4.78, 5) is 0. The zero-order valence-corrected chi connectivity index (χ0v) is 11.1. The van der Waals surface area contributed by atoms with Crippen LogP contribution in [0.2, 0.25) is 0 Å². The highest BCUT2D eigenvalue weighted by molar-refractivity contribution is 7.89. The molecule has 1 rings (SSSR count). The first-order valence-electron chi connectivity index (χ1n) is 5.87. The molecular weight excluding hydrogens is 226 g/mol. The molecule has 96 valence electrons. The van der Waals surface area contributed by atoms with Crippen LogP contribution in [-0.4, -0.2) is 27.4 Å². The Morgan fingerprint density at radius 2 is 2.00 bits per heavy atom. The monoisotopic (exact) mass is 249 g/mol. The first-order valence-corrected chi connectivity index (χ1v) is 7.58. The second kappa shape index (κ2) is 5.47. The van der Waals surface area contributed by atoms with Crippen molar-refractivity contribution in [3.05, 3.63) is 0 Å². The highest BCUT2D eigenvalue weighted by Gasteiger charge is 2.24. The van der Waals surface area contributed by atoms with E-state index >= 15 is 0 Å². The molecule has 0 aromatic rings. The van der Waals surface area contributed by atoms with Crippen molar-refractivity contribution >= 4 is 10.0 Å². The van der Waals surface area contributed by atoms with Crippen LogP contribution in [0.4, 0.5) is 0 Å². The summed E-state index contributed by atoms with van der Waals surface area (Å²) in [5.41, 5.74) is -0.396. The summed E-state index contributed by atoms with van der Waals surface area (Å²) in [6.07, 6.45) is 5.10. The molecule has 0 heterocycles. The highest BCUT2D eigenvalue weighted by Crippen LogP contribution is 2.29. The van der Waals surface area contributed by atoms with Gasteiger partial charge in [-0.3, -0.25) is 0 Å². The quantitative estimate of drug-likeness (QED) is 0.695. The van der Waals surface area contributed by atoms with Crippen molar-refractivity contribution < 1.29 is 13.2 Å². The van der Waals surface area contributed by atoms with Crippen molar-refractivity contribution in [3.63, 3.8) is 0 Å². The molecule has 1 aliphatic carbocycles. The molecule has 0 amide bonds. The summed E-state index contributed by atoms with van der Waals surface area (Å²) in [5.74, 6) is 0.810. The molecule has 0 aromatic carbocycles. The van der Waals surface area contributed by atoms with Crippen molar-refractivity contribution in [1.29, 1.82) is 0 Å². The van der Waals surface area contributed by atoms with Gasteiger partial charge in [-0.2, -0.15) is 0 Å². The van der Waals surface area contributed by atoms with Crippen LogP contribution in [0, 0.1) is 11.3 Å². The molecule has 1 fully saturated rings. The molecule has 4 nitrogen and oxygen atoms in total. The zero-order chi connectivity index (χ0) is 12.2. The molecule has 2 N–H and O–H groups in total. The highest BCUT2D eigenvalue weighted by atomic mass is 32.2. The number of ether oxygens (including phenoxy) is 1. The first-order chi connectivity index (χ1) is 7.29. The summed E-state index contributed by atoms with van der Waals surface area (Å²) in [6, 6.07) is 0. The summed E-state index contributed by atoms with van der Waals surface area (Å²) in [5, 5.41) is 5.02. The molecule has 1 aliphatic rings. The van der Waals surface area contributed by atoms with Crippen molar-refractivity contribution in [2.45, 2.75) is 39.5 Å². The van der Waals surface area contributed by atoms with Crippen molar-refractivity contribution in [2.24, 2.45) is 16.5 Å². The third-order valence-electron chi connectivity index (χ3n) is 2.98. The maximum atomic E-state index is 11.0. The van der Waals surface area contributed by atoms with Gasteiger partial charge in [-0.05, 0) is 12.3 Å². The number of rotatable bonds is 7. The van der Waals surface area contributed by atoms with E-state index in [2.05, 4.69) is 0 Å². The molecule has 0 radical (unpaired) electrons. The predicted octanol–water partition coefficient (Wildman–Crippen LogP) is 1.51. The molecule has 5 heteroatoms. The van der Waals surface area contributed by atoms with E-state index in [0.717, 1.165) is 18.9 Å². The molecular formula is C11H23NO3S. The normalized spacial score (nSPS) is 18.4. The number of sulfonamides is 1. The van der Waals surface area contributed by atoms with Crippen LogP contribution < -0.4 is 5.14 Å². The summed E-state index contributed by atoms with van der Waals surface area (Å²) >= 11 is 0. The Hall–Kier alpha value is -0.130. The van der Waals surface area contributed by atoms with E-state index in [1.807, 2.05) is 13.8 Å². The van der Waals surface area contributed by atoms with Gasteiger partial charge in [0.15, 0.2) is 0 Å². The molecule has 0 bridgehead atoms. The van der Waals surface area contributed by atoms with Gasteiger partial charge in [0.2, 0.25) is 10.0 Å². The van der Waals surface area contributed by atoms with Crippen LogP contribution in [0.5, 0.6) is 0 Å². The average molecular weight is 249 g/mol. The predicted molar refractivity (Wildman–Crippen MR) is 64.5 cm³/mol. The van der Waals surface area contributed by atoms with E-state index in [0.29, 0.717) is 6.61 Å². The number of primary sulfonamides is 1. The van der Waals surface area contributed by atoms with E-state index in [1.54, 1.807) is 0 Å². The fourth-order valence-electron chi connectivity index (χ4n) is 1.97. The van der Waals surface area contributed by atoms with Gasteiger partial charge in [-0.15, -0.1) is 0 Å². The lowest BCUT2D eigenvalue weighted by Crippen LogP contribution is -2.33. The number of hydrogen-bond donors (Lipinski definition) is 1. The van der Waals surface area contributed by atoms with Gasteiger partial charge < -0.3 is 4.74 Å². The Labute approximate surface area is 98.6 Å². The minimum atomic E-state index is -3.41. The maximum absolute atomic E-state index is 11.0. The topological polar surface area (TPSA) is 69.4 Å². The van der Waals surface area contributed by atoms with Gasteiger partial charge in [0.25, 0.3) is 0 Å². The lowest BCUT2D eigenvalue weighted by molar-refractivity contribution is 0.0567. The largest absolute Gasteiger partial charge is 0.381 e. The third kappa shape index (κ3) is 5.82. The molecule has 16 heavy (non-hydrogen) atoms. The van der Waals surface area contributed by atoms with Gasteiger partial charge >= 0.3 is 0 Å². The van der Waals surface area contributed by atoms with Gasteiger partial charge in [0.1, 0.15) is 0 Å². The van der Waals surface area contributed by atoms with Crippen molar-refractivity contribution in [3.8, 4) is 0 Å². The summed E-state index contributed by atoms with van der Waals surface area (Å²) in [6.45, 7) is 4.91. The smallest absolute Gasteiger partial charge is 0.209 e. The van der Waals surface area contributed by atoms with E-state index in [9.17, 15) is 8.42 Å². The van der Waals surface area contributed by atoms with Crippen molar-refractivity contribution in [1.82, 2.24) is 0 Å². The first kappa shape index (κ1) is 13.9. The Balaban J connectivity index is 2.14. The molecule has 1 saturated carbocycles. The SMILES string of the molecule is CC(C)(COCCC1CCC1)CS(N)(=O)=O. The molecule has 0 saturated heterocycles. The molecule has 0 atom stereocenters. The lowest BCUT2D eigenvalue weighted by Gasteiger charge is -2.27. The van der Waals surface area contributed by atoms with Crippen LogP contribution in [0.1, 0.15) is 39.5 Å². The maximum Gasteiger partial charge on any atom is 0.209 e. The fraction of sp³-hybridized carbons (Fsp3) is 1.00. The van der Waals surface area contributed by atoms with E-state index in [4.69, 9.17) is 9.88 Å². The minimum Gasteiger partial charge on any atom is -0.381 e. The van der Waals surface area contributed by atoms with E-state index in [1.165, 1.54) is 19.3 Å². The zero-order valence-electron chi connectivity index (χ0n) is 10.2. The number of nitrogens with two attached hydrogens (primary N) is 1. The second-order valence-electron chi connectivity index (χ2n) is 5.61. The van der Waals surface area contributed by atoms with Crippen LogP contribution in [0.15, 0.2) is 0 Å². The second-order valence-corrected chi connectivity index (χ2v) is 7.22. The molecule has 0 unspecified atom stereocenters. The third-order valence-corrected chi connectivity index (χ3v) is 4.16. The standard InChI is InChI=1S/C11H23NO3S/c1-11(2,9-16(12,13)14)8-15-7-6-10-4-3-5-10/h10H,3-9H2,1-2H3,(H2,12,13,14). The van der Waals surface area contributed by atoms with Crippen LogP contribution in [0.3, 0.4) is 0 Å². The Morgan fingerprint density at radius 1 is 1.38 bits per heavy atom. The molecule has 0 aromatic heterocycles. The Morgan fingerprint density at radius 3 is 2.44 bits per heavy atom. The Kier molecular flexibility index (Phi) is 4.76. The van der Waals surface area contributed by atoms with Crippen LogP contribution >= 0.6 is 0 Å². The van der Waals surface area contributed by atoms with Crippen LogP contribution in [-0.2, 0) is 14.8 Å². The number of hydrogen-bond acceptors (Lipinski definition) is 3. The van der Waals surface area contributed by atoms with Gasteiger partial charge in [-0.1, -0.05) is 33.1 Å². The Bertz CT molecular complexity index is 307. The molecule has 0 spiro atoms. The average Bonchev–Trinajstić information content (AvgIpc) is 1.95. The van der Waals surface area contributed by atoms with Crippen molar-refractivity contribution in [2.75, 3.05) is 19.0 Å². The van der Waals surface area contributed by atoms with Gasteiger partial charge in [-0.25, -0.2) is 13.6 Å². The summed E-state index contributed by atoms with van der Waals surface area (Å²) in [7, 11) is -3.41. The van der Waals surface area contributed by atoms with Crippen LogP contribution in [0.25, 0.3) is 0 Å². The van der Waals surface area contributed by atoms with E-state index in [-0.39, 0.29) is 5.75 Å².